The summed E-state index contributed by atoms with van der Waals surface area (Å²) in [7, 11) is 3.17. The van der Waals surface area contributed by atoms with Crippen molar-refractivity contribution >= 4 is 23.2 Å². The summed E-state index contributed by atoms with van der Waals surface area (Å²) in [5.41, 5.74) is 3.34. The molecule has 1 unspecified atom stereocenters. The zero-order valence-electron chi connectivity index (χ0n) is 21.6. The first-order chi connectivity index (χ1) is 17.9. The lowest BCUT2D eigenvalue weighted by Crippen LogP contribution is -2.46. The Hall–Kier alpha value is -4.20. The van der Waals surface area contributed by atoms with E-state index in [1.54, 1.807) is 44.2 Å². The smallest absolute Gasteiger partial charge is 0.267 e. The first-order valence-corrected chi connectivity index (χ1v) is 12.2. The van der Waals surface area contributed by atoms with Crippen molar-refractivity contribution in [3.05, 3.63) is 71.8 Å². The molecule has 8 heteroatoms. The Labute approximate surface area is 217 Å². The second-order valence-electron chi connectivity index (χ2n) is 8.83. The van der Waals surface area contributed by atoms with E-state index in [1.165, 1.54) is 0 Å². The van der Waals surface area contributed by atoms with E-state index in [0.717, 1.165) is 16.9 Å². The van der Waals surface area contributed by atoms with Crippen molar-refractivity contribution in [1.82, 2.24) is 0 Å². The first kappa shape index (κ1) is 25.9. The van der Waals surface area contributed by atoms with E-state index in [4.69, 9.17) is 18.9 Å². The highest BCUT2D eigenvalue weighted by atomic mass is 16.5. The predicted molar refractivity (Wildman–Crippen MR) is 142 cm³/mol. The number of methoxy groups -OCH3 is 2. The monoisotopic (exact) mass is 504 g/mol. The number of nitrogens with zero attached hydrogens (tertiary/aromatic N) is 1. The van der Waals surface area contributed by atoms with Gasteiger partial charge in [-0.15, -0.1) is 0 Å². The third kappa shape index (κ3) is 6.33. The minimum atomic E-state index is -0.637. The molecule has 0 aliphatic carbocycles. The van der Waals surface area contributed by atoms with Gasteiger partial charge >= 0.3 is 0 Å². The number of hydrogen-bond donors (Lipinski definition) is 1. The van der Waals surface area contributed by atoms with Gasteiger partial charge in [0.15, 0.2) is 17.6 Å². The number of anilines is 2. The lowest BCUT2D eigenvalue weighted by atomic mass is 10.1. The molecule has 0 saturated heterocycles. The van der Waals surface area contributed by atoms with Crippen molar-refractivity contribution in [2.24, 2.45) is 0 Å². The van der Waals surface area contributed by atoms with E-state index in [9.17, 15) is 9.59 Å². The van der Waals surface area contributed by atoms with Crippen LogP contribution in [0, 0.1) is 6.92 Å². The van der Waals surface area contributed by atoms with Gasteiger partial charge in [0.05, 0.1) is 26.5 Å². The summed E-state index contributed by atoms with van der Waals surface area (Å²) in [6, 6.07) is 18.7. The molecule has 0 fully saturated rings. The second-order valence-corrected chi connectivity index (χ2v) is 8.83. The fourth-order valence-electron chi connectivity index (χ4n) is 4.20. The highest BCUT2D eigenvalue weighted by molar-refractivity contribution is 6.00. The number of carbonyl (C=O) groups is 2. The normalized spacial score (nSPS) is 14.4. The number of rotatable bonds is 10. The average Bonchev–Trinajstić information content (AvgIpc) is 2.89. The molecule has 0 saturated carbocycles. The van der Waals surface area contributed by atoms with E-state index in [1.807, 2.05) is 49.4 Å². The van der Waals surface area contributed by atoms with E-state index in [-0.39, 0.29) is 11.8 Å². The van der Waals surface area contributed by atoms with Crippen molar-refractivity contribution in [3.8, 4) is 23.0 Å². The number of nitrogens with one attached hydrogen (secondary N) is 1. The lowest BCUT2D eigenvalue weighted by Gasteiger charge is -2.33. The number of benzene rings is 3. The highest BCUT2D eigenvalue weighted by Gasteiger charge is 2.31. The van der Waals surface area contributed by atoms with Crippen molar-refractivity contribution in [3.63, 3.8) is 0 Å². The Morgan fingerprint density at radius 3 is 2.59 bits per heavy atom. The van der Waals surface area contributed by atoms with Crippen LogP contribution in [0.5, 0.6) is 23.0 Å². The molecular weight excluding hydrogens is 472 g/mol. The van der Waals surface area contributed by atoms with E-state index < -0.39 is 6.10 Å². The molecule has 4 rings (SSSR count). The van der Waals surface area contributed by atoms with Gasteiger partial charge in [-0.25, -0.2) is 0 Å². The molecule has 3 aromatic carbocycles. The van der Waals surface area contributed by atoms with Crippen LogP contribution in [0.2, 0.25) is 0 Å². The summed E-state index contributed by atoms with van der Waals surface area (Å²) in [6.07, 6.45) is 0.209. The standard InChI is InChI=1S/C29H32N2O6/c1-19-6-5-7-23(16-19)36-15-14-31-24-11-10-22(18-26(24)37-20(2)29(31)33)30-28(32)13-9-21-8-12-25(34-3)27(17-21)35-4/h5-8,10-12,16-18,20H,9,13-15H2,1-4H3,(H,30,32). The fraction of sp³-hybridized carbons (Fsp3) is 0.310. The maximum atomic E-state index is 12.8. The van der Waals surface area contributed by atoms with Gasteiger partial charge in [-0.1, -0.05) is 18.2 Å². The molecule has 37 heavy (non-hydrogen) atoms. The Morgan fingerprint density at radius 1 is 1.03 bits per heavy atom. The van der Waals surface area contributed by atoms with Crippen molar-refractivity contribution in [1.29, 1.82) is 0 Å². The molecule has 0 spiro atoms. The van der Waals surface area contributed by atoms with Crippen LogP contribution in [0.3, 0.4) is 0 Å². The van der Waals surface area contributed by atoms with Crippen molar-refractivity contribution in [2.75, 3.05) is 37.6 Å². The molecule has 8 nitrogen and oxygen atoms in total. The largest absolute Gasteiger partial charge is 0.493 e. The average molecular weight is 505 g/mol. The number of hydrogen-bond acceptors (Lipinski definition) is 6. The topological polar surface area (TPSA) is 86.3 Å². The Balaban J connectivity index is 1.37. The Morgan fingerprint density at radius 2 is 1.84 bits per heavy atom. The number of ether oxygens (including phenoxy) is 4. The minimum absolute atomic E-state index is 0.127. The third-order valence-electron chi connectivity index (χ3n) is 6.11. The molecule has 1 heterocycles. The Bertz CT molecular complexity index is 1280. The molecule has 0 radical (unpaired) electrons. The van der Waals surface area contributed by atoms with Crippen molar-refractivity contribution in [2.45, 2.75) is 32.8 Å². The van der Waals surface area contributed by atoms with Crippen LogP contribution in [0.4, 0.5) is 11.4 Å². The molecule has 1 N–H and O–H groups in total. The van der Waals surface area contributed by atoms with E-state index >= 15 is 0 Å². The maximum absolute atomic E-state index is 12.8. The number of amides is 2. The molecule has 1 atom stereocenters. The maximum Gasteiger partial charge on any atom is 0.267 e. The summed E-state index contributed by atoms with van der Waals surface area (Å²) >= 11 is 0. The second kappa shape index (κ2) is 11.7. The van der Waals surface area contributed by atoms with Gasteiger partial charge in [0.2, 0.25) is 5.91 Å². The Kier molecular flexibility index (Phi) is 8.18. The van der Waals surface area contributed by atoms with Gasteiger partial charge < -0.3 is 29.2 Å². The molecule has 194 valence electrons. The van der Waals surface area contributed by atoms with Crippen LogP contribution < -0.4 is 29.2 Å². The van der Waals surface area contributed by atoms with Gasteiger partial charge in [-0.3, -0.25) is 9.59 Å². The van der Waals surface area contributed by atoms with Crippen LogP contribution >= 0.6 is 0 Å². The number of aryl methyl sites for hydroxylation is 2. The van der Waals surface area contributed by atoms with Gasteiger partial charge in [0.25, 0.3) is 5.91 Å². The summed E-state index contributed by atoms with van der Waals surface area (Å²) in [5.74, 6) is 2.32. The number of fused-ring (bicyclic) bond motifs is 1. The fourth-order valence-corrected chi connectivity index (χ4v) is 4.20. The molecule has 1 aliphatic heterocycles. The third-order valence-corrected chi connectivity index (χ3v) is 6.11. The SMILES string of the molecule is COc1ccc(CCC(=O)Nc2ccc3c(c2)OC(C)C(=O)N3CCOc2cccc(C)c2)cc1OC. The predicted octanol–water partition coefficient (Wildman–Crippen LogP) is 4.78. The van der Waals surface area contributed by atoms with Crippen LogP contribution in [0.15, 0.2) is 60.7 Å². The minimum Gasteiger partial charge on any atom is -0.493 e. The molecule has 2 amide bonds. The lowest BCUT2D eigenvalue weighted by molar-refractivity contribution is -0.125. The van der Waals surface area contributed by atoms with Crippen LogP contribution in [-0.2, 0) is 16.0 Å². The zero-order chi connectivity index (χ0) is 26.4. The quantitative estimate of drug-likeness (QED) is 0.428. The van der Waals surface area contributed by atoms with Gasteiger partial charge in [-0.05, 0) is 67.8 Å². The molecule has 1 aliphatic rings. The summed E-state index contributed by atoms with van der Waals surface area (Å²) < 4.78 is 22.3. The summed E-state index contributed by atoms with van der Waals surface area (Å²) in [4.78, 5) is 27.1. The zero-order valence-corrected chi connectivity index (χ0v) is 21.6. The molecule has 0 aromatic heterocycles. The highest BCUT2D eigenvalue weighted by Crippen LogP contribution is 2.36. The van der Waals surface area contributed by atoms with Gasteiger partial charge in [0, 0.05) is 18.2 Å². The summed E-state index contributed by atoms with van der Waals surface area (Å²) in [5, 5.41) is 2.92. The van der Waals surface area contributed by atoms with Crippen LogP contribution in [-0.4, -0.2) is 45.3 Å². The first-order valence-electron chi connectivity index (χ1n) is 12.2. The number of carbonyl (C=O) groups excluding carboxylic acids is 2. The van der Waals surface area contributed by atoms with E-state index in [2.05, 4.69) is 5.32 Å². The molecule has 0 bridgehead atoms. The van der Waals surface area contributed by atoms with Crippen molar-refractivity contribution < 1.29 is 28.5 Å². The van der Waals surface area contributed by atoms with Gasteiger partial charge in [-0.2, -0.15) is 0 Å². The summed E-state index contributed by atoms with van der Waals surface area (Å²) in [6.45, 7) is 4.44. The van der Waals surface area contributed by atoms with Gasteiger partial charge in [0.1, 0.15) is 18.1 Å². The van der Waals surface area contributed by atoms with Crippen LogP contribution in [0.25, 0.3) is 0 Å². The van der Waals surface area contributed by atoms with E-state index in [0.29, 0.717) is 54.6 Å². The van der Waals surface area contributed by atoms with Crippen LogP contribution in [0.1, 0.15) is 24.5 Å². The molecular formula is C29H32N2O6. The molecule has 3 aromatic rings.